The second kappa shape index (κ2) is 7.13. The highest BCUT2D eigenvalue weighted by molar-refractivity contribution is 5.81. The van der Waals surface area contributed by atoms with Gasteiger partial charge in [0.15, 0.2) is 11.5 Å². The van der Waals surface area contributed by atoms with Crippen molar-refractivity contribution in [3.05, 3.63) is 35.4 Å². The van der Waals surface area contributed by atoms with Crippen LogP contribution in [0.5, 0.6) is 11.5 Å². The summed E-state index contributed by atoms with van der Waals surface area (Å²) < 4.78 is 0. The molecule has 21 heavy (non-hydrogen) atoms. The molecule has 0 radical (unpaired) electrons. The molecule has 5 nitrogen and oxygen atoms in total. The molecular weight excluding hydrogens is 268 g/mol. The Hall–Kier alpha value is -2.01. The number of aromatic hydroxyl groups is 2. The van der Waals surface area contributed by atoms with Crippen LogP contribution in [0.25, 0.3) is 0 Å². The first kappa shape index (κ1) is 15.4. The molecule has 1 aromatic carbocycles. The molecule has 114 valence electrons. The quantitative estimate of drug-likeness (QED) is 0.472. The molecule has 0 unspecified atom stereocenters. The molecule has 0 spiro atoms. The van der Waals surface area contributed by atoms with Crippen molar-refractivity contribution < 1.29 is 15.0 Å². The van der Waals surface area contributed by atoms with E-state index in [1.807, 2.05) is 0 Å². The summed E-state index contributed by atoms with van der Waals surface area (Å²) in [6.45, 7) is 0.610. The first-order chi connectivity index (χ1) is 10.1. The van der Waals surface area contributed by atoms with E-state index < -0.39 is 6.04 Å². The lowest BCUT2D eigenvalue weighted by Crippen LogP contribution is -2.42. The maximum atomic E-state index is 11.9. The van der Waals surface area contributed by atoms with Crippen molar-refractivity contribution in [2.24, 2.45) is 5.73 Å². The summed E-state index contributed by atoms with van der Waals surface area (Å²) in [6, 6.07) is 3.80. The van der Waals surface area contributed by atoms with E-state index >= 15 is 0 Å². The summed E-state index contributed by atoms with van der Waals surface area (Å²) in [5.41, 5.74) is 7.98. The van der Waals surface area contributed by atoms with Gasteiger partial charge in [-0.1, -0.05) is 17.7 Å². The molecule has 2 rings (SSSR count). The number of benzene rings is 1. The molecule has 1 atom stereocenters. The lowest BCUT2D eigenvalue weighted by Gasteiger charge is -2.13. The van der Waals surface area contributed by atoms with E-state index in [-0.39, 0.29) is 17.4 Å². The van der Waals surface area contributed by atoms with Crippen LogP contribution in [0.1, 0.15) is 31.2 Å². The van der Waals surface area contributed by atoms with Gasteiger partial charge >= 0.3 is 0 Å². The van der Waals surface area contributed by atoms with Crippen LogP contribution in [-0.4, -0.2) is 28.7 Å². The number of phenols is 2. The molecule has 1 amide bonds. The van der Waals surface area contributed by atoms with Gasteiger partial charge in [0.05, 0.1) is 6.04 Å². The van der Waals surface area contributed by atoms with Gasteiger partial charge in [-0.25, -0.2) is 0 Å². The van der Waals surface area contributed by atoms with Crippen LogP contribution < -0.4 is 11.1 Å². The maximum Gasteiger partial charge on any atom is 0.237 e. The van der Waals surface area contributed by atoms with Gasteiger partial charge in [-0.15, -0.1) is 0 Å². The normalized spacial score (nSPS) is 15.6. The topological polar surface area (TPSA) is 95.6 Å². The van der Waals surface area contributed by atoms with Crippen LogP contribution in [0.2, 0.25) is 0 Å². The summed E-state index contributed by atoms with van der Waals surface area (Å²) in [7, 11) is 0. The summed E-state index contributed by atoms with van der Waals surface area (Å²) in [4.78, 5) is 11.9. The molecule has 5 heteroatoms. The first-order valence-electron chi connectivity index (χ1n) is 7.28. The van der Waals surface area contributed by atoms with Gasteiger partial charge in [-0.3, -0.25) is 4.79 Å². The van der Waals surface area contributed by atoms with E-state index in [2.05, 4.69) is 11.4 Å². The second-order valence-electron chi connectivity index (χ2n) is 5.43. The fraction of sp³-hybridized carbons (Fsp3) is 0.438. The van der Waals surface area contributed by atoms with E-state index in [9.17, 15) is 15.0 Å². The zero-order valence-electron chi connectivity index (χ0n) is 12.0. The van der Waals surface area contributed by atoms with Crippen molar-refractivity contribution in [1.82, 2.24) is 5.32 Å². The number of nitrogens with two attached hydrogens (primary N) is 1. The minimum Gasteiger partial charge on any atom is -0.504 e. The third kappa shape index (κ3) is 4.49. The van der Waals surface area contributed by atoms with Crippen LogP contribution in [0, 0.1) is 0 Å². The van der Waals surface area contributed by atoms with Crippen molar-refractivity contribution in [3.63, 3.8) is 0 Å². The van der Waals surface area contributed by atoms with Gasteiger partial charge in [-0.2, -0.15) is 0 Å². The number of carbonyl (C=O) groups is 1. The Labute approximate surface area is 124 Å². The van der Waals surface area contributed by atoms with Crippen LogP contribution in [0.15, 0.2) is 29.8 Å². The maximum absolute atomic E-state index is 11.9. The molecule has 1 aromatic rings. The number of amides is 1. The third-order valence-electron chi connectivity index (χ3n) is 3.71. The lowest BCUT2D eigenvalue weighted by molar-refractivity contribution is -0.122. The molecule has 0 heterocycles. The van der Waals surface area contributed by atoms with Crippen molar-refractivity contribution in [2.75, 3.05) is 6.54 Å². The van der Waals surface area contributed by atoms with Gasteiger partial charge < -0.3 is 21.3 Å². The highest BCUT2D eigenvalue weighted by Crippen LogP contribution is 2.25. The first-order valence-corrected chi connectivity index (χ1v) is 7.28. The average Bonchev–Trinajstić information content (AvgIpc) is 2.96. The minimum atomic E-state index is -0.661. The molecule has 0 fully saturated rings. The molecule has 0 bridgehead atoms. The van der Waals surface area contributed by atoms with E-state index in [0.717, 1.165) is 19.3 Å². The standard InChI is InChI=1S/C16H22N2O3/c17-13(9-12-5-6-14(19)15(20)10-12)16(21)18-8-7-11-3-1-2-4-11/h3,5-6,10,13,19-20H,1-2,4,7-9,17H2,(H,18,21)/t13-/m0/s1. The largest absolute Gasteiger partial charge is 0.504 e. The Kier molecular flexibility index (Phi) is 5.22. The Balaban J connectivity index is 1.77. The monoisotopic (exact) mass is 290 g/mol. The Morgan fingerprint density at radius 3 is 2.81 bits per heavy atom. The smallest absolute Gasteiger partial charge is 0.237 e. The molecule has 0 aromatic heterocycles. The number of nitrogens with one attached hydrogen (secondary N) is 1. The average molecular weight is 290 g/mol. The Bertz CT molecular complexity index is 540. The number of allylic oxidation sites excluding steroid dienone is 1. The number of rotatable bonds is 6. The minimum absolute atomic E-state index is 0.179. The van der Waals surface area contributed by atoms with Gasteiger partial charge in [0.25, 0.3) is 0 Å². The van der Waals surface area contributed by atoms with Crippen molar-refractivity contribution >= 4 is 5.91 Å². The molecule has 0 saturated carbocycles. The highest BCUT2D eigenvalue weighted by atomic mass is 16.3. The molecule has 1 aliphatic rings. The predicted molar refractivity (Wildman–Crippen MR) is 81.0 cm³/mol. The van der Waals surface area contributed by atoms with E-state index in [1.54, 1.807) is 6.07 Å². The predicted octanol–water partition coefficient (Wildman–Crippen LogP) is 1.58. The van der Waals surface area contributed by atoms with E-state index in [1.165, 1.54) is 24.1 Å². The zero-order valence-corrected chi connectivity index (χ0v) is 12.0. The summed E-state index contributed by atoms with van der Waals surface area (Å²) in [5, 5.41) is 21.5. The summed E-state index contributed by atoms with van der Waals surface area (Å²) in [5.74, 6) is -0.573. The molecule has 5 N–H and O–H groups in total. The molecule has 0 saturated heterocycles. The lowest BCUT2D eigenvalue weighted by atomic mass is 10.1. The number of hydrogen-bond acceptors (Lipinski definition) is 4. The Morgan fingerprint density at radius 1 is 1.33 bits per heavy atom. The fourth-order valence-corrected chi connectivity index (χ4v) is 2.48. The second-order valence-corrected chi connectivity index (χ2v) is 5.43. The molecular formula is C16H22N2O3. The number of phenolic OH excluding ortho intramolecular Hbond substituents is 2. The van der Waals surface area contributed by atoms with Crippen LogP contribution in [-0.2, 0) is 11.2 Å². The summed E-state index contributed by atoms with van der Waals surface area (Å²) >= 11 is 0. The molecule has 1 aliphatic carbocycles. The fourth-order valence-electron chi connectivity index (χ4n) is 2.48. The van der Waals surface area contributed by atoms with E-state index in [4.69, 9.17) is 5.73 Å². The van der Waals surface area contributed by atoms with Gasteiger partial charge in [-0.05, 0) is 49.8 Å². The SMILES string of the molecule is N[C@@H](Cc1ccc(O)c(O)c1)C(=O)NCCC1=CCCC1. The third-order valence-corrected chi connectivity index (χ3v) is 3.71. The zero-order chi connectivity index (χ0) is 15.2. The number of hydrogen-bond donors (Lipinski definition) is 4. The van der Waals surface area contributed by atoms with Gasteiger partial charge in [0.2, 0.25) is 5.91 Å². The van der Waals surface area contributed by atoms with Crippen molar-refractivity contribution in [3.8, 4) is 11.5 Å². The van der Waals surface area contributed by atoms with E-state index in [0.29, 0.717) is 18.5 Å². The van der Waals surface area contributed by atoms with Gasteiger partial charge in [0.1, 0.15) is 0 Å². The van der Waals surface area contributed by atoms with Crippen LogP contribution in [0.3, 0.4) is 0 Å². The van der Waals surface area contributed by atoms with Crippen LogP contribution in [0.4, 0.5) is 0 Å². The molecule has 0 aliphatic heterocycles. The highest BCUT2D eigenvalue weighted by Gasteiger charge is 2.15. The number of carbonyl (C=O) groups excluding carboxylic acids is 1. The summed E-state index contributed by atoms with van der Waals surface area (Å²) in [6.07, 6.45) is 6.95. The van der Waals surface area contributed by atoms with Crippen LogP contribution >= 0.6 is 0 Å². The Morgan fingerprint density at radius 2 is 2.14 bits per heavy atom. The van der Waals surface area contributed by atoms with Crippen molar-refractivity contribution in [1.29, 1.82) is 0 Å². The van der Waals surface area contributed by atoms with Crippen molar-refractivity contribution in [2.45, 2.75) is 38.1 Å². The van der Waals surface area contributed by atoms with Gasteiger partial charge in [0, 0.05) is 6.54 Å².